The van der Waals surface area contributed by atoms with Crippen LogP contribution in [0.1, 0.15) is 5.82 Å². The van der Waals surface area contributed by atoms with Crippen LogP contribution in [0.25, 0.3) is 0 Å². The standard InChI is InChI=1S/C13H14Cl2N4O/c1-20-5-4-12-18-11(16)7-13(19-12)17-8-2-3-9(14)10(15)6-8/h2-3,6-7H,4-5H2,1H3,(H3,16,17,18,19). The molecule has 7 heteroatoms. The number of nitrogens with one attached hydrogen (secondary N) is 1. The molecule has 0 unspecified atom stereocenters. The molecule has 0 amide bonds. The lowest BCUT2D eigenvalue weighted by Crippen LogP contribution is -2.06. The van der Waals surface area contributed by atoms with Gasteiger partial charge >= 0.3 is 0 Å². The zero-order chi connectivity index (χ0) is 14.5. The predicted octanol–water partition coefficient (Wildman–Crippen LogP) is 3.30. The number of nitrogens with two attached hydrogens (primary N) is 1. The van der Waals surface area contributed by atoms with E-state index in [1.54, 1.807) is 31.4 Å². The second-order valence-corrected chi connectivity index (χ2v) is 4.91. The summed E-state index contributed by atoms with van der Waals surface area (Å²) in [4.78, 5) is 8.50. The molecule has 0 aliphatic heterocycles. The van der Waals surface area contributed by atoms with Crippen LogP contribution in [-0.4, -0.2) is 23.7 Å². The van der Waals surface area contributed by atoms with E-state index in [1.807, 2.05) is 0 Å². The average molecular weight is 313 g/mol. The van der Waals surface area contributed by atoms with Crippen LogP contribution < -0.4 is 11.1 Å². The molecule has 1 heterocycles. The summed E-state index contributed by atoms with van der Waals surface area (Å²) >= 11 is 11.8. The molecular weight excluding hydrogens is 299 g/mol. The number of nitrogens with zero attached hydrogens (tertiary/aromatic N) is 2. The summed E-state index contributed by atoms with van der Waals surface area (Å²) < 4.78 is 5.00. The Morgan fingerprint density at radius 3 is 2.70 bits per heavy atom. The van der Waals surface area contributed by atoms with Crippen LogP contribution in [-0.2, 0) is 11.2 Å². The Bertz CT molecular complexity index is 607. The third-order valence-electron chi connectivity index (χ3n) is 2.51. The number of methoxy groups -OCH3 is 1. The molecule has 0 atom stereocenters. The molecule has 0 bridgehead atoms. The molecule has 0 spiro atoms. The first-order chi connectivity index (χ1) is 9.58. The maximum Gasteiger partial charge on any atom is 0.136 e. The zero-order valence-corrected chi connectivity index (χ0v) is 12.4. The van der Waals surface area contributed by atoms with E-state index in [9.17, 15) is 0 Å². The molecule has 0 fully saturated rings. The van der Waals surface area contributed by atoms with Crippen molar-refractivity contribution in [3.05, 3.63) is 40.1 Å². The average Bonchev–Trinajstić information content (AvgIpc) is 2.40. The molecule has 1 aromatic carbocycles. The fourth-order valence-corrected chi connectivity index (χ4v) is 1.91. The zero-order valence-electron chi connectivity index (χ0n) is 10.9. The summed E-state index contributed by atoms with van der Waals surface area (Å²) in [6.45, 7) is 0.537. The Kier molecular flexibility index (Phi) is 5.00. The van der Waals surface area contributed by atoms with E-state index in [2.05, 4.69) is 15.3 Å². The van der Waals surface area contributed by atoms with Crippen LogP contribution in [0.5, 0.6) is 0 Å². The number of halogens is 2. The fraction of sp³-hybridized carbons (Fsp3) is 0.231. The minimum atomic E-state index is 0.397. The van der Waals surface area contributed by atoms with E-state index in [4.69, 9.17) is 33.7 Å². The van der Waals surface area contributed by atoms with Crippen LogP contribution in [0.4, 0.5) is 17.3 Å². The highest BCUT2D eigenvalue weighted by Gasteiger charge is 2.05. The Hall–Kier alpha value is -1.56. The number of rotatable bonds is 5. The van der Waals surface area contributed by atoms with Gasteiger partial charge in [-0.1, -0.05) is 23.2 Å². The number of anilines is 3. The summed E-state index contributed by atoms with van der Waals surface area (Å²) in [5.74, 6) is 1.62. The number of hydrogen-bond donors (Lipinski definition) is 2. The maximum atomic E-state index is 5.97. The van der Waals surface area contributed by atoms with Gasteiger partial charge in [0, 0.05) is 25.3 Å². The SMILES string of the molecule is COCCc1nc(N)cc(Nc2ccc(Cl)c(Cl)c2)n1. The topological polar surface area (TPSA) is 73.1 Å². The lowest BCUT2D eigenvalue weighted by molar-refractivity contribution is 0.200. The molecule has 0 aliphatic rings. The molecule has 2 rings (SSSR count). The monoisotopic (exact) mass is 312 g/mol. The van der Waals surface area contributed by atoms with Gasteiger partial charge in [0.15, 0.2) is 0 Å². The normalized spacial score (nSPS) is 10.6. The quantitative estimate of drug-likeness (QED) is 0.886. The van der Waals surface area contributed by atoms with Crippen LogP contribution in [0.15, 0.2) is 24.3 Å². The van der Waals surface area contributed by atoms with Crippen molar-refractivity contribution in [1.82, 2.24) is 9.97 Å². The van der Waals surface area contributed by atoms with Gasteiger partial charge in [0.1, 0.15) is 17.5 Å². The van der Waals surface area contributed by atoms with E-state index in [-0.39, 0.29) is 0 Å². The van der Waals surface area contributed by atoms with E-state index in [0.29, 0.717) is 40.5 Å². The minimum Gasteiger partial charge on any atom is -0.384 e. The van der Waals surface area contributed by atoms with Gasteiger partial charge in [-0.15, -0.1) is 0 Å². The van der Waals surface area contributed by atoms with Crippen LogP contribution in [0, 0.1) is 0 Å². The van der Waals surface area contributed by atoms with Crippen LogP contribution >= 0.6 is 23.2 Å². The third kappa shape index (κ3) is 3.96. The second-order valence-electron chi connectivity index (χ2n) is 4.09. The van der Waals surface area contributed by atoms with Crippen molar-refractivity contribution in [3.63, 3.8) is 0 Å². The Balaban J connectivity index is 2.19. The molecule has 20 heavy (non-hydrogen) atoms. The molecule has 3 N–H and O–H groups in total. The number of hydrogen-bond acceptors (Lipinski definition) is 5. The first-order valence-electron chi connectivity index (χ1n) is 5.93. The molecule has 2 aromatic rings. The van der Waals surface area contributed by atoms with Gasteiger partial charge in [0.2, 0.25) is 0 Å². The van der Waals surface area contributed by atoms with Crippen molar-refractivity contribution in [1.29, 1.82) is 0 Å². The highest BCUT2D eigenvalue weighted by atomic mass is 35.5. The van der Waals surface area contributed by atoms with Gasteiger partial charge in [-0.3, -0.25) is 0 Å². The first kappa shape index (κ1) is 14.8. The lowest BCUT2D eigenvalue weighted by atomic mass is 10.3. The molecule has 0 aliphatic carbocycles. The summed E-state index contributed by atoms with van der Waals surface area (Å²) in [6.07, 6.45) is 0.595. The van der Waals surface area contributed by atoms with Gasteiger partial charge in [0.25, 0.3) is 0 Å². The van der Waals surface area contributed by atoms with Gasteiger partial charge in [0.05, 0.1) is 16.7 Å². The molecule has 0 saturated carbocycles. The molecule has 5 nitrogen and oxygen atoms in total. The molecular formula is C13H14Cl2N4O. The van der Waals surface area contributed by atoms with E-state index in [1.165, 1.54) is 0 Å². The Morgan fingerprint density at radius 2 is 2.00 bits per heavy atom. The van der Waals surface area contributed by atoms with Gasteiger partial charge in [-0.25, -0.2) is 9.97 Å². The van der Waals surface area contributed by atoms with Crippen molar-refractivity contribution >= 4 is 40.5 Å². The second kappa shape index (κ2) is 6.74. The van der Waals surface area contributed by atoms with E-state index < -0.39 is 0 Å². The predicted molar refractivity (Wildman–Crippen MR) is 81.8 cm³/mol. The fourth-order valence-electron chi connectivity index (χ4n) is 1.61. The molecule has 1 aromatic heterocycles. The summed E-state index contributed by atoms with van der Waals surface area (Å²) in [6, 6.07) is 6.89. The smallest absolute Gasteiger partial charge is 0.136 e. The van der Waals surface area contributed by atoms with Crippen molar-refractivity contribution in [2.45, 2.75) is 6.42 Å². The van der Waals surface area contributed by atoms with Gasteiger partial charge in [-0.2, -0.15) is 0 Å². The molecule has 0 radical (unpaired) electrons. The highest BCUT2D eigenvalue weighted by Crippen LogP contribution is 2.26. The summed E-state index contributed by atoms with van der Waals surface area (Å²) in [5, 5.41) is 4.09. The van der Waals surface area contributed by atoms with Crippen molar-refractivity contribution in [2.24, 2.45) is 0 Å². The van der Waals surface area contributed by atoms with Crippen molar-refractivity contribution < 1.29 is 4.74 Å². The van der Waals surface area contributed by atoms with Crippen molar-refractivity contribution in [3.8, 4) is 0 Å². The Morgan fingerprint density at radius 1 is 1.20 bits per heavy atom. The van der Waals surface area contributed by atoms with Gasteiger partial charge < -0.3 is 15.8 Å². The van der Waals surface area contributed by atoms with Crippen LogP contribution in [0.2, 0.25) is 10.0 Å². The van der Waals surface area contributed by atoms with Gasteiger partial charge in [-0.05, 0) is 18.2 Å². The first-order valence-corrected chi connectivity index (χ1v) is 6.68. The summed E-state index contributed by atoms with van der Waals surface area (Å²) in [7, 11) is 1.63. The molecule has 106 valence electrons. The van der Waals surface area contributed by atoms with E-state index in [0.717, 1.165) is 5.69 Å². The number of aromatic nitrogens is 2. The Labute approximate surface area is 127 Å². The molecule has 0 saturated heterocycles. The lowest BCUT2D eigenvalue weighted by Gasteiger charge is -2.09. The number of ether oxygens (including phenoxy) is 1. The third-order valence-corrected chi connectivity index (χ3v) is 3.25. The van der Waals surface area contributed by atoms with Crippen LogP contribution in [0.3, 0.4) is 0 Å². The number of benzene rings is 1. The number of nitrogen functional groups attached to an aromatic ring is 1. The highest BCUT2D eigenvalue weighted by molar-refractivity contribution is 6.42. The largest absolute Gasteiger partial charge is 0.384 e. The summed E-state index contributed by atoms with van der Waals surface area (Å²) in [5.41, 5.74) is 6.53. The minimum absolute atomic E-state index is 0.397. The van der Waals surface area contributed by atoms with E-state index >= 15 is 0 Å². The van der Waals surface area contributed by atoms with Crippen molar-refractivity contribution in [2.75, 3.05) is 24.8 Å². The maximum absolute atomic E-state index is 5.97.